The summed E-state index contributed by atoms with van der Waals surface area (Å²) in [5.74, 6) is 3.77. The maximum atomic E-state index is 14.4. The van der Waals surface area contributed by atoms with Crippen LogP contribution in [0.5, 0.6) is 0 Å². The first-order chi connectivity index (χ1) is 20.5. The Morgan fingerprint density at radius 3 is 2.67 bits per heavy atom. The summed E-state index contributed by atoms with van der Waals surface area (Å²) in [6.45, 7) is 1.78. The minimum atomic E-state index is -0.781. The third-order valence-electron chi connectivity index (χ3n) is 6.89. The lowest BCUT2D eigenvalue weighted by molar-refractivity contribution is -0.120. The Bertz CT molecular complexity index is 1640. The van der Waals surface area contributed by atoms with E-state index in [9.17, 15) is 23.6 Å². The number of nitrogens with one attached hydrogen (secondary N) is 4. The number of amides is 3. The van der Waals surface area contributed by atoms with Crippen LogP contribution in [0.15, 0.2) is 65.2 Å². The zero-order chi connectivity index (χ0) is 31.3. The molecule has 1 aliphatic heterocycles. The van der Waals surface area contributed by atoms with E-state index in [0.717, 1.165) is 11.2 Å². The highest BCUT2D eigenvalue weighted by Gasteiger charge is 2.23. The molecule has 3 aromatic rings. The van der Waals surface area contributed by atoms with Crippen molar-refractivity contribution in [1.29, 1.82) is 0 Å². The average molecular weight is 612 g/mol. The molecule has 4 rings (SSSR count). The van der Waals surface area contributed by atoms with Gasteiger partial charge in [0, 0.05) is 28.9 Å². The average Bonchev–Trinajstić information content (AvgIpc) is 2.96. The number of rotatable bonds is 5. The van der Waals surface area contributed by atoms with Crippen LogP contribution in [-0.4, -0.2) is 30.0 Å². The molecule has 14 heteroatoms. The monoisotopic (exact) mass is 611 g/mol. The molecule has 12 nitrogen and oxygen atoms in total. The second-order valence-electron chi connectivity index (χ2n) is 9.98. The number of anilines is 3. The SMILES string of the molecule is COC(=O)Nc1ccc2c(c1)NC(=O)C(C)CCCC(NC(=O)/C(N)=C/N(N)c1cccc(Cl)c1F)c1cc-2cc(=O)[nH]1. The second kappa shape index (κ2) is 13.4. The number of carbonyl (C=O) groups excluding carboxylic acids is 3. The van der Waals surface area contributed by atoms with Crippen molar-refractivity contribution in [2.24, 2.45) is 17.5 Å². The van der Waals surface area contributed by atoms with Gasteiger partial charge in [-0.1, -0.05) is 37.1 Å². The Morgan fingerprint density at radius 2 is 1.93 bits per heavy atom. The maximum absolute atomic E-state index is 14.4. The largest absolute Gasteiger partial charge is 0.453 e. The molecule has 2 bridgehead atoms. The smallest absolute Gasteiger partial charge is 0.411 e. The minimum absolute atomic E-state index is 0.0952. The highest BCUT2D eigenvalue weighted by Crippen LogP contribution is 2.33. The first kappa shape index (κ1) is 31.1. The summed E-state index contributed by atoms with van der Waals surface area (Å²) in [7, 11) is 1.23. The Hall–Kier alpha value is -4.88. The van der Waals surface area contributed by atoms with Crippen LogP contribution in [0.4, 0.5) is 26.2 Å². The number of halogens is 2. The fourth-order valence-electron chi connectivity index (χ4n) is 4.59. The number of benzene rings is 2. The summed E-state index contributed by atoms with van der Waals surface area (Å²) in [5, 5.41) is 8.96. The van der Waals surface area contributed by atoms with Gasteiger partial charge in [0.2, 0.25) is 11.5 Å². The number of hydrogen-bond donors (Lipinski definition) is 6. The lowest BCUT2D eigenvalue weighted by atomic mass is 9.95. The van der Waals surface area contributed by atoms with Crippen molar-refractivity contribution in [2.45, 2.75) is 32.2 Å². The molecule has 0 fully saturated rings. The summed E-state index contributed by atoms with van der Waals surface area (Å²) < 4.78 is 19.1. The number of methoxy groups -OCH3 is 1. The van der Waals surface area contributed by atoms with Crippen LogP contribution < -0.4 is 38.1 Å². The van der Waals surface area contributed by atoms with Gasteiger partial charge in [-0.2, -0.15) is 0 Å². The van der Waals surface area contributed by atoms with Crippen molar-refractivity contribution < 1.29 is 23.5 Å². The topological polar surface area (TPSA) is 185 Å². The molecule has 226 valence electrons. The first-order valence-corrected chi connectivity index (χ1v) is 13.6. The lowest BCUT2D eigenvalue weighted by Gasteiger charge is -2.23. The molecule has 1 aromatic heterocycles. The third-order valence-corrected chi connectivity index (χ3v) is 7.19. The second-order valence-corrected chi connectivity index (χ2v) is 10.4. The number of fused-ring (bicyclic) bond motifs is 4. The Kier molecular flexibility index (Phi) is 9.68. The van der Waals surface area contributed by atoms with Crippen molar-refractivity contribution >= 4 is 46.6 Å². The maximum Gasteiger partial charge on any atom is 0.411 e. The van der Waals surface area contributed by atoms with Crippen molar-refractivity contribution in [3.63, 3.8) is 0 Å². The normalized spacial score (nSPS) is 17.0. The number of H-pyrrole nitrogens is 1. The quantitative estimate of drug-likeness (QED) is 0.141. The van der Waals surface area contributed by atoms with Crippen molar-refractivity contribution in [1.82, 2.24) is 10.3 Å². The molecule has 2 aromatic carbocycles. The van der Waals surface area contributed by atoms with Gasteiger partial charge in [0.1, 0.15) is 5.70 Å². The predicted octanol–water partition coefficient (Wildman–Crippen LogP) is 4.11. The molecule has 1 aliphatic rings. The van der Waals surface area contributed by atoms with Crippen LogP contribution in [0.2, 0.25) is 5.02 Å². The number of hydrazine groups is 1. The fraction of sp³-hybridized carbons (Fsp3) is 0.241. The van der Waals surface area contributed by atoms with Crippen LogP contribution >= 0.6 is 11.6 Å². The molecule has 0 spiro atoms. The van der Waals surface area contributed by atoms with E-state index in [1.807, 2.05) is 0 Å². The van der Waals surface area contributed by atoms with Crippen molar-refractivity contribution in [3.8, 4) is 11.1 Å². The standard InChI is InChI=1S/C29H31ClFN7O5/c1-15-5-3-7-21(36-28(41)20(32)14-38(33)24-8-4-6-19(30)26(24)31)23-11-16(12-25(39)35-23)18-10-9-17(34-29(42)43-2)13-22(18)37-27(15)40/h4,6,8-15,21H,3,5,7,32-33H2,1-2H3,(H,34,42)(H,35,39)(H,36,41)(H,37,40)/b20-14-. The van der Waals surface area contributed by atoms with Gasteiger partial charge < -0.3 is 26.1 Å². The summed E-state index contributed by atoms with van der Waals surface area (Å²) in [6, 6.07) is 11.4. The highest BCUT2D eigenvalue weighted by molar-refractivity contribution is 6.31. The number of ether oxygens (including phenoxy) is 1. The molecule has 8 N–H and O–H groups in total. The van der Waals surface area contributed by atoms with Crippen molar-refractivity contribution in [3.05, 3.63) is 87.3 Å². The molecule has 3 amide bonds. The number of nitrogens with two attached hydrogens (primary N) is 2. The van der Waals surface area contributed by atoms with Crippen LogP contribution in [0, 0.1) is 11.7 Å². The predicted molar refractivity (Wildman–Crippen MR) is 161 cm³/mol. The summed E-state index contributed by atoms with van der Waals surface area (Å²) in [5.41, 5.74) is 7.25. The van der Waals surface area contributed by atoms with Gasteiger partial charge in [-0.05, 0) is 48.7 Å². The molecule has 0 aliphatic carbocycles. The van der Waals surface area contributed by atoms with E-state index in [2.05, 4.69) is 25.7 Å². The zero-order valence-electron chi connectivity index (χ0n) is 23.4. The number of pyridine rings is 1. The van der Waals surface area contributed by atoms with E-state index in [1.54, 1.807) is 31.2 Å². The Labute approximate surface area is 251 Å². The molecular formula is C29H31ClFN7O5. The van der Waals surface area contributed by atoms with E-state index in [1.165, 1.54) is 31.4 Å². The summed E-state index contributed by atoms with van der Waals surface area (Å²) >= 11 is 5.83. The lowest BCUT2D eigenvalue weighted by Crippen LogP contribution is -2.36. The van der Waals surface area contributed by atoms with E-state index in [0.29, 0.717) is 47.5 Å². The summed E-state index contributed by atoms with van der Waals surface area (Å²) in [6.07, 6.45) is 1.70. The van der Waals surface area contributed by atoms with Gasteiger partial charge in [0.25, 0.3) is 5.91 Å². The molecule has 2 atom stereocenters. The molecule has 43 heavy (non-hydrogen) atoms. The van der Waals surface area contributed by atoms with Gasteiger partial charge in [-0.3, -0.25) is 24.7 Å². The van der Waals surface area contributed by atoms with Gasteiger partial charge in [-0.25, -0.2) is 15.0 Å². The number of aromatic nitrogens is 1. The number of hydrogen-bond acceptors (Lipinski definition) is 8. The van der Waals surface area contributed by atoms with Crippen molar-refractivity contribution in [2.75, 3.05) is 22.8 Å². The van der Waals surface area contributed by atoms with E-state index >= 15 is 0 Å². The van der Waals surface area contributed by atoms with Crippen LogP contribution in [0.1, 0.15) is 37.9 Å². The van der Waals surface area contributed by atoms with Crippen LogP contribution in [0.25, 0.3) is 11.1 Å². The number of carbonyl (C=O) groups is 3. The number of aromatic amines is 1. The first-order valence-electron chi connectivity index (χ1n) is 13.3. The Balaban J connectivity index is 1.69. The van der Waals surface area contributed by atoms with E-state index in [4.69, 9.17) is 23.2 Å². The molecule has 2 heterocycles. The van der Waals surface area contributed by atoms with E-state index in [-0.39, 0.29) is 22.3 Å². The van der Waals surface area contributed by atoms with Gasteiger partial charge in [0.05, 0.1) is 35.7 Å². The van der Waals surface area contributed by atoms with Gasteiger partial charge >= 0.3 is 6.09 Å². The highest BCUT2D eigenvalue weighted by atomic mass is 35.5. The zero-order valence-corrected chi connectivity index (χ0v) is 24.1. The van der Waals surface area contributed by atoms with Crippen LogP contribution in [-0.2, 0) is 14.3 Å². The molecule has 0 saturated carbocycles. The molecule has 0 saturated heterocycles. The van der Waals surface area contributed by atoms with Gasteiger partial charge in [-0.15, -0.1) is 0 Å². The minimum Gasteiger partial charge on any atom is -0.453 e. The fourth-order valence-corrected chi connectivity index (χ4v) is 4.76. The molecule has 2 unspecified atom stereocenters. The van der Waals surface area contributed by atoms with E-state index < -0.39 is 35.3 Å². The molecular weight excluding hydrogens is 581 g/mol. The third kappa shape index (κ3) is 7.50. The molecule has 0 radical (unpaired) electrons. The van der Waals surface area contributed by atoms with Gasteiger partial charge in [0.15, 0.2) is 5.82 Å². The van der Waals surface area contributed by atoms with Crippen LogP contribution in [0.3, 0.4) is 0 Å². The summed E-state index contributed by atoms with van der Waals surface area (Å²) in [4.78, 5) is 53.5. The Morgan fingerprint density at radius 1 is 1.16 bits per heavy atom. The number of nitrogens with zero attached hydrogens (tertiary/aromatic N) is 1.